The number of H-pyrrole nitrogens is 1. The molecule has 0 bridgehead atoms. The quantitative estimate of drug-likeness (QED) is 0.202. The molecular formula is C22H36FIN6. The van der Waals surface area contributed by atoms with Crippen molar-refractivity contribution in [2.45, 2.75) is 26.2 Å². The van der Waals surface area contributed by atoms with Crippen molar-refractivity contribution in [3.05, 3.63) is 35.8 Å². The predicted molar refractivity (Wildman–Crippen MR) is 135 cm³/mol. The number of nitrogens with zero attached hydrogens (tertiary/aromatic N) is 3. The van der Waals surface area contributed by atoms with Gasteiger partial charge in [-0.1, -0.05) is 0 Å². The molecule has 0 atom stereocenters. The number of aromatic amines is 1. The van der Waals surface area contributed by atoms with Crippen molar-refractivity contribution in [1.29, 1.82) is 0 Å². The van der Waals surface area contributed by atoms with Gasteiger partial charge in [0.1, 0.15) is 5.82 Å². The van der Waals surface area contributed by atoms with Crippen LogP contribution >= 0.6 is 24.0 Å². The smallest absolute Gasteiger partial charge is 0.191 e. The number of unbranched alkanes of at least 4 members (excludes halogenated alkanes) is 1. The zero-order chi connectivity index (χ0) is 20.5. The molecule has 0 unspecified atom stereocenters. The highest BCUT2D eigenvalue weighted by Crippen LogP contribution is 2.19. The van der Waals surface area contributed by atoms with Crippen molar-refractivity contribution >= 4 is 40.8 Å². The molecule has 3 rings (SSSR count). The van der Waals surface area contributed by atoms with Crippen LogP contribution in [0.5, 0.6) is 0 Å². The first-order valence-electron chi connectivity index (χ1n) is 10.8. The maximum atomic E-state index is 13.3. The zero-order valence-corrected chi connectivity index (χ0v) is 20.5. The van der Waals surface area contributed by atoms with E-state index in [0.29, 0.717) is 0 Å². The fourth-order valence-corrected chi connectivity index (χ4v) is 3.73. The summed E-state index contributed by atoms with van der Waals surface area (Å²) in [6.45, 7) is 10.5. The molecule has 8 heteroatoms. The Morgan fingerprint density at radius 3 is 2.73 bits per heavy atom. The highest BCUT2D eigenvalue weighted by Gasteiger charge is 2.12. The molecule has 0 spiro atoms. The van der Waals surface area contributed by atoms with Crippen molar-refractivity contribution in [3.63, 3.8) is 0 Å². The number of rotatable bonds is 9. The third kappa shape index (κ3) is 7.70. The Labute approximate surface area is 196 Å². The Bertz CT molecular complexity index is 785. The summed E-state index contributed by atoms with van der Waals surface area (Å²) in [5.74, 6) is 0.663. The second kappa shape index (κ2) is 13.1. The summed E-state index contributed by atoms with van der Waals surface area (Å²) in [5.41, 5.74) is 2.04. The molecule has 30 heavy (non-hydrogen) atoms. The number of nitrogens with one attached hydrogen (secondary N) is 3. The van der Waals surface area contributed by atoms with Gasteiger partial charge in [0.25, 0.3) is 0 Å². The average Bonchev–Trinajstić information content (AvgIpc) is 3.11. The number of aromatic nitrogens is 1. The molecule has 0 aliphatic carbocycles. The number of hydrogen-bond donors (Lipinski definition) is 3. The Hall–Kier alpha value is -1.39. The Kier molecular flexibility index (Phi) is 10.9. The maximum absolute atomic E-state index is 13.3. The van der Waals surface area contributed by atoms with Gasteiger partial charge in [-0.3, -0.25) is 4.99 Å². The topological polar surface area (TPSA) is 58.7 Å². The van der Waals surface area contributed by atoms with E-state index < -0.39 is 0 Å². The fraction of sp³-hybridized carbons (Fsp3) is 0.591. The first-order valence-corrected chi connectivity index (χ1v) is 10.8. The van der Waals surface area contributed by atoms with E-state index in [1.165, 1.54) is 50.8 Å². The SMILES string of the molecule is CCNC(=NCCCCN1CCN(C)CC1)NCCc1c[nH]c2cc(F)ccc12.I. The summed E-state index contributed by atoms with van der Waals surface area (Å²) >= 11 is 0. The van der Waals surface area contributed by atoms with Gasteiger partial charge in [0.05, 0.1) is 0 Å². The van der Waals surface area contributed by atoms with Gasteiger partial charge < -0.3 is 25.4 Å². The first kappa shape index (κ1) is 24.9. The lowest BCUT2D eigenvalue weighted by Gasteiger charge is -2.32. The van der Waals surface area contributed by atoms with Crippen LogP contribution in [0.2, 0.25) is 0 Å². The second-order valence-corrected chi connectivity index (χ2v) is 7.79. The number of likely N-dealkylation sites (N-methyl/N-ethyl adjacent to an activating group) is 1. The lowest BCUT2D eigenvalue weighted by Crippen LogP contribution is -2.44. The van der Waals surface area contributed by atoms with Crippen molar-refractivity contribution in [2.75, 3.05) is 59.4 Å². The largest absolute Gasteiger partial charge is 0.361 e. The number of halogens is 2. The first-order chi connectivity index (χ1) is 14.2. The zero-order valence-electron chi connectivity index (χ0n) is 18.2. The van der Waals surface area contributed by atoms with E-state index in [9.17, 15) is 4.39 Å². The highest BCUT2D eigenvalue weighted by atomic mass is 127. The van der Waals surface area contributed by atoms with Crippen LogP contribution in [-0.4, -0.2) is 80.1 Å². The van der Waals surface area contributed by atoms with Crippen molar-refractivity contribution in [1.82, 2.24) is 25.4 Å². The molecule has 0 radical (unpaired) electrons. The lowest BCUT2D eigenvalue weighted by molar-refractivity contribution is 0.152. The third-order valence-electron chi connectivity index (χ3n) is 5.51. The molecule has 1 aromatic heterocycles. The van der Waals surface area contributed by atoms with E-state index in [2.05, 4.69) is 39.4 Å². The van der Waals surface area contributed by atoms with Crippen LogP contribution < -0.4 is 10.6 Å². The summed E-state index contributed by atoms with van der Waals surface area (Å²) in [5, 5.41) is 7.82. The van der Waals surface area contributed by atoms with Crippen LogP contribution in [0.15, 0.2) is 29.4 Å². The van der Waals surface area contributed by atoms with E-state index in [1.54, 1.807) is 6.07 Å². The summed E-state index contributed by atoms with van der Waals surface area (Å²) in [4.78, 5) is 12.8. The second-order valence-electron chi connectivity index (χ2n) is 7.79. The van der Waals surface area contributed by atoms with Crippen LogP contribution in [0, 0.1) is 5.82 Å². The van der Waals surface area contributed by atoms with Gasteiger partial charge in [-0.05, 0) is 63.5 Å². The minimum atomic E-state index is -0.210. The van der Waals surface area contributed by atoms with E-state index >= 15 is 0 Å². The molecule has 1 aliphatic heterocycles. The van der Waals surface area contributed by atoms with E-state index in [1.807, 2.05) is 12.3 Å². The third-order valence-corrected chi connectivity index (χ3v) is 5.51. The van der Waals surface area contributed by atoms with E-state index in [4.69, 9.17) is 4.99 Å². The molecule has 1 fully saturated rings. The normalized spacial score (nSPS) is 15.9. The molecule has 0 saturated carbocycles. The van der Waals surface area contributed by atoms with Gasteiger partial charge in [-0.25, -0.2) is 4.39 Å². The number of hydrogen-bond acceptors (Lipinski definition) is 3. The van der Waals surface area contributed by atoms with Crippen molar-refractivity contribution in [2.24, 2.45) is 4.99 Å². The van der Waals surface area contributed by atoms with E-state index in [-0.39, 0.29) is 29.8 Å². The number of guanidine groups is 1. The molecule has 6 nitrogen and oxygen atoms in total. The molecule has 2 heterocycles. The minimum Gasteiger partial charge on any atom is -0.361 e. The maximum Gasteiger partial charge on any atom is 0.191 e. The molecule has 1 aromatic carbocycles. The molecule has 2 aromatic rings. The van der Waals surface area contributed by atoms with Crippen LogP contribution in [-0.2, 0) is 6.42 Å². The van der Waals surface area contributed by atoms with Gasteiger partial charge in [0.15, 0.2) is 5.96 Å². The number of benzene rings is 1. The highest BCUT2D eigenvalue weighted by molar-refractivity contribution is 14.0. The Balaban J connectivity index is 0.00000320. The lowest BCUT2D eigenvalue weighted by atomic mass is 10.1. The molecule has 0 amide bonds. The average molecular weight is 530 g/mol. The molecular weight excluding hydrogens is 494 g/mol. The molecule has 1 saturated heterocycles. The van der Waals surface area contributed by atoms with Gasteiger partial charge in [0.2, 0.25) is 0 Å². The summed E-state index contributed by atoms with van der Waals surface area (Å²) in [6, 6.07) is 4.90. The van der Waals surface area contributed by atoms with E-state index in [0.717, 1.165) is 49.3 Å². The molecule has 3 N–H and O–H groups in total. The van der Waals surface area contributed by atoms with Gasteiger partial charge in [0, 0.05) is 62.9 Å². The van der Waals surface area contributed by atoms with Crippen molar-refractivity contribution < 1.29 is 4.39 Å². The fourth-order valence-electron chi connectivity index (χ4n) is 3.73. The minimum absolute atomic E-state index is 0. The summed E-state index contributed by atoms with van der Waals surface area (Å²) in [7, 11) is 2.19. The van der Waals surface area contributed by atoms with Crippen LogP contribution in [0.3, 0.4) is 0 Å². The Morgan fingerprint density at radius 1 is 1.17 bits per heavy atom. The predicted octanol–water partition coefficient (Wildman–Crippen LogP) is 3.05. The van der Waals surface area contributed by atoms with Crippen molar-refractivity contribution in [3.8, 4) is 0 Å². The molecule has 1 aliphatic rings. The van der Waals surface area contributed by atoms with Gasteiger partial charge >= 0.3 is 0 Å². The van der Waals surface area contributed by atoms with Gasteiger partial charge in [-0.15, -0.1) is 24.0 Å². The number of piperazine rings is 1. The number of fused-ring (bicyclic) bond motifs is 1. The summed E-state index contributed by atoms with van der Waals surface area (Å²) < 4.78 is 13.3. The monoisotopic (exact) mass is 530 g/mol. The number of aliphatic imine (C=N–C) groups is 1. The Morgan fingerprint density at radius 2 is 1.97 bits per heavy atom. The van der Waals surface area contributed by atoms with Crippen LogP contribution in [0.1, 0.15) is 25.3 Å². The van der Waals surface area contributed by atoms with Crippen LogP contribution in [0.4, 0.5) is 4.39 Å². The summed E-state index contributed by atoms with van der Waals surface area (Å²) in [6.07, 6.45) is 5.13. The van der Waals surface area contributed by atoms with Gasteiger partial charge in [-0.2, -0.15) is 0 Å². The molecule has 168 valence electrons. The van der Waals surface area contributed by atoms with Crippen LogP contribution in [0.25, 0.3) is 10.9 Å². The standard InChI is InChI=1S/C22H35FN6.HI/c1-3-24-22(25-9-4-5-11-29-14-12-28(2)13-15-29)26-10-8-18-17-27-21-16-19(23)6-7-20(18)21;/h6-7,16-17,27H,3-5,8-15H2,1-2H3,(H2,24,25,26);1H.